The third-order valence-corrected chi connectivity index (χ3v) is 4.20. The highest BCUT2D eigenvalue weighted by molar-refractivity contribution is 5.15. The summed E-state index contributed by atoms with van der Waals surface area (Å²) in [7, 11) is 0. The third kappa shape index (κ3) is 1.91. The topological polar surface area (TPSA) is 30.9 Å². The fourth-order valence-corrected chi connectivity index (χ4v) is 3.46. The Bertz CT molecular complexity index is 476. The second kappa shape index (κ2) is 4.03. The Labute approximate surface area is 113 Å². The van der Waals surface area contributed by atoms with E-state index in [1.54, 1.807) is 0 Å². The van der Waals surface area contributed by atoms with Gasteiger partial charge in [-0.25, -0.2) is 0 Å². The van der Waals surface area contributed by atoms with E-state index in [4.69, 9.17) is 14.3 Å². The Morgan fingerprint density at radius 1 is 1.16 bits per heavy atom. The molecule has 0 amide bonds. The van der Waals surface area contributed by atoms with Crippen molar-refractivity contribution in [3.63, 3.8) is 0 Å². The van der Waals surface area contributed by atoms with Gasteiger partial charge in [0.05, 0.1) is 6.04 Å². The number of fused-ring (bicyclic) bond motifs is 5. The molecule has 4 atom stereocenters. The van der Waals surface area contributed by atoms with Gasteiger partial charge in [0.15, 0.2) is 5.79 Å². The van der Waals surface area contributed by atoms with Gasteiger partial charge >= 0.3 is 0 Å². The van der Waals surface area contributed by atoms with Crippen LogP contribution in [0.1, 0.15) is 25.8 Å². The van der Waals surface area contributed by atoms with Gasteiger partial charge in [0.2, 0.25) is 0 Å². The second-order valence-electron chi connectivity index (χ2n) is 6.07. The summed E-state index contributed by atoms with van der Waals surface area (Å²) in [5, 5.41) is 2.08. The standard InChI is InChI=1S/C15H19NO3/c1-15(2)17-13-11-8-12(14(13)18-15)19-16(11)9-10-6-4-3-5-7-10/h3-7,11-14H,8-9H2,1-2H3/t11-,12+,13+,14-/m1/s1. The normalized spacial score (nSPS) is 39.7. The quantitative estimate of drug-likeness (QED) is 0.815. The number of benzene rings is 1. The number of hydrogen-bond acceptors (Lipinski definition) is 4. The summed E-state index contributed by atoms with van der Waals surface area (Å²) in [4.78, 5) is 6.00. The first-order chi connectivity index (χ1) is 9.12. The maximum atomic E-state index is 6.03. The van der Waals surface area contributed by atoms with E-state index in [1.807, 2.05) is 19.9 Å². The molecule has 0 unspecified atom stereocenters. The van der Waals surface area contributed by atoms with Crippen molar-refractivity contribution in [2.24, 2.45) is 0 Å². The molecule has 4 nitrogen and oxygen atoms in total. The predicted octanol–water partition coefficient (Wildman–Crippen LogP) is 2.09. The van der Waals surface area contributed by atoms with E-state index in [0.717, 1.165) is 13.0 Å². The van der Waals surface area contributed by atoms with Gasteiger partial charge in [-0.2, -0.15) is 5.06 Å². The van der Waals surface area contributed by atoms with Crippen molar-refractivity contribution in [3.8, 4) is 0 Å². The molecule has 0 N–H and O–H groups in total. The number of hydroxylamine groups is 2. The molecule has 0 radical (unpaired) electrons. The van der Waals surface area contributed by atoms with Crippen molar-refractivity contribution in [1.29, 1.82) is 0 Å². The molecule has 2 bridgehead atoms. The van der Waals surface area contributed by atoms with Gasteiger partial charge in [-0.15, -0.1) is 0 Å². The lowest BCUT2D eigenvalue weighted by atomic mass is 10.1. The summed E-state index contributed by atoms with van der Waals surface area (Å²) < 4.78 is 12.0. The third-order valence-electron chi connectivity index (χ3n) is 4.20. The number of ether oxygens (including phenoxy) is 2. The SMILES string of the molecule is CC1(C)O[C@@H]2[C@H](O1)[C@@H]1C[C@H]2N(Cc2ccccc2)O1. The minimum Gasteiger partial charge on any atom is -0.343 e. The first kappa shape index (κ1) is 11.9. The monoisotopic (exact) mass is 261 g/mol. The van der Waals surface area contributed by atoms with Crippen LogP contribution in [0.5, 0.6) is 0 Å². The van der Waals surface area contributed by atoms with Crippen LogP contribution in [0.15, 0.2) is 30.3 Å². The van der Waals surface area contributed by atoms with E-state index in [-0.39, 0.29) is 18.3 Å². The largest absolute Gasteiger partial charge is 0.343 e. The van der Waals surface area contributed by atoms with Crippen molar-refractivity contribution >= 4 is 0 Å². The van der Waals surface area contributed by atoms with E-state index in [0.29, 0.717) is 6.04 Å². The van der Waals surface area contributed by atoms with Gasteiger partial charge in [0, 0.05) is 6.54 Å². The van der Waals surface area contributed by atoms with Crippen molar-refractivity contribution < 1.29 is 14.3 Å². The first-order valence-corrected chi connectivity index (χ1v) is 6.95. The zero-order valence-corrected chi connectivity index (χ0v) is 11.3. The predicted molar refractivity (Wildman–Crippen MR) is 69.1 cm³/mol. The maximum Gasteiger partial charge on any atom is 0.163 e. The fourth-order valence-electron chi connectivity index (χ4n) is 3.46. The van der Waals surface area contributed by atoms with Crippen LogP contribution in [0.25, 0.3) is 0 Å². The Morgan fingerprint density at radius 2 is 1.89 bits per heavy atom. The lowest BCUT2D eigenvalue weighted by Gasteiger charge is -2.32. The highest BCUT2D eigenvalue weighted by Gasteiger charge is 2.61. The maximum absolute atomic E-state index is 6.03. The van der Waals surface area contributed by atoms with Crippen molar-refractivity contribution in [2.45, 2.75) is 57.0 Å². The Balaban J connectivity index is 1.51. The van der Waals surface area contributed by atoms with Gasteiger partial charge in [-0.1, -0.05) is 30.3 Å². The summed E-state index contributed by atoms with van der Waals surface area (Å²) in [6.07, 6.45) is 1.42. The van der Waals surface area contributed by atoms with Crippen molar-refractivity contribution in [2.75, 3.05) is 0 Å². The van der Waals surface area contributed by atoms with Gasteiger partial charge < -0.3 is 9.47 Å². The van der Waals surface area contributed by atoms with Crippen LogP contribution in [-0.4, -0.2) is 35.2 Å². The van der Waals surface area contributed by atoms with E-state index < -0.39 is 5.79 Å². The molecule has 1 aromatic rings. The summed E-state index contributed by atoms with van der Waals surface area (Å²) in [5.74, 6) is -0.474. The Morgan fingerprint density at radius 3 is 2.68 bits per heavy atom. The molecular formula is C15H19NO3. The van der Waals surface area contributed by atoms with E-state index in [9.17, 15) is 0 Å². The first-order valence-electron chi connectivity index (χ1n) is 6.95. The van der Waals surface area contributed by atoms with Gasteiger partial charge in [-0.3, -0.25) is 4.84 Å². The van der Waals surface area contributed by atoms with E-state index in [1.165, 1.54) is 5.56 Å². The molecule has 1 saturated carbocycles. The van der Waals surface area contributed by atoms with Crippen LogP contribution in [0, 0.1) is 0 Å². The molecule has 3 aliphatic rings. The van der Waals surface area contributed by atoms with Crippen LogP contribution >= 0.6 is 0 Å². The van der Waals surface area contributed by atoms with Gasteiger partial charge in [0.25, 0.3) is 0 Å². The minimum atomic E-state index is -0.474. The van der Waals surface area contributed by atoms with E-state index in [2.05, 4.69) is 29.3 Å². The smallest absolute Gasteiger partial charge is 0.163 e. The molecule has 0 spiro atoms. The molecule has 4 heteroatoms. The van der Waals surface area contributed by atoms with E-state index >= 15 is 0 Å². The van der Waals surface area contributed by atoms with Gasteiger partial charge in [-0.05, 0) is 25.8 Å². The van der Waals surface area contributed by atoms with Crippen LogP contribution in [0.4, 0.5) is 0 Å². The lowest BCUT2D eigenvalue weighted by Crippen LogP contribution is -2.46. The molecule has 1 aliphatic carbocycles. The van der Waals surface area contributed by atoms with Crippen LogP contribution in [0.3, 0.4) is 0 Å². The zero-order chi connectivity index (χ0) is 13.0. The molecule has 2 aliphatic heterocycles. The van der Waals surface area contributed by atoms with Crippen LogP contribution < -0.4 is 0 Å². The molecule has 0 aromatic heterocycles. The van der Waals surface area contributed by atoms with Crippen LogP contribution in [0.2, 0.25) is 0 Å². The second-order valence-corrected chi connectivity index (χ2v) is 6.07. The number of nitrogens with zero attached hydrogens (tertiary/aromatic N) is 1. The molecule has 1 aromatic carbocycles. The lowest BCUT2D eigenvalue weighted by molar-refractivity contribution is -0.229. The molecule has 19 heavy (non-hydrogen) atoms. The highest BCUT2D eigenvalue weighted by atomic mass is 16.8. The van der Waals surface area contributed by atoms with Crippen molar-refractivity contribution in [3.05, 3.63) is 35.9 Å². The summed E-state index contributed by atoms with van der Waals surface area (Å²) in [6, 6.07) is 10.7. The number of rotatable bonds is 2. The fraction of sp³-hybridized carbons (Fsp3) is 0.600. The molecule has 2 heterocycles. The molecule has 102 valence electrons. The highest BCUT2D eigenvalue weighted by Crippen LogP contribution is 2.46. The molecule has 2 saturated heterocycles. The molecule has 4 rings (SSSR count). The summed E-state index contributed by atoms with van der Waals surface area (Å²) in [5.41, 5.74) is 1.27. The van der Waals surface area contributed by atoms with Crippen molar-refractivity contribution in [1.82, 2.24) is 5.06 Å². The molecule has 3 fully saturated rings. The Kier molecular flexibility index (Phi) is 2.51. The zero-order valence-electron chi connectivity index (χ0n) is 11.3. The minimum absolute atomic E-state index is 0.104. The molecular weight excluding hydrogens is 242 g/mol. The summed E-state index contributed by atoms with van der Waals surface area (Å²) >= 11 is 0. The van der Waals surface area contributed by atoms with Gasteiger partial charge in [0.1, 0.15) is 18.3 Å². The average Bonchev–Trinajstić information content (AvgIpc) is 2.99. The average molecular weight is 261 g/mol. The Hall–Kier alpha value is -0.940. The van der Waals surface area contributed by atoms with Crippen LogP contribution in [-0.2, 0) is 20.9 Å². The summed E-state index contributed by atoms with van der Waals surface area (Å²) in [6.45, 7) is 4.77. The number of hydrogen-bond donors (Lipinski definition) is 0.